The highest BCUT2D eigenvalue weighted by molar-refractivity contribution is 5.91. The summed E-state index contributed by atoms with van der Waals surface area (Å²) in [6.45, 7) is 3.25. The van der Waals surface area contributed by atoms with Gasteiger partial charge < -0.3 is 14.4 Å². The maximum atomic E-state index is 12.9. The number of benzene rings is 1. The van der Waals surface area contributed by atoms with Crippen molar-refractivity contribution in [1.29, 1.82) is 0 Å². The summed E-state index contributed by atoms with van der Waals surface area (Å²) in [4.78, 5) is 27.0. The highest BCUT2D eigenvalue weighted by atomic mass is 16.6. The van der Waals surface area contributed by atoms with Crippen LogP contribution in [0.2, 0.25) is 0 Å². The lowest BCUT2D eigenvalue weighted by Gasteiger charge is -2.22. The molecule has 5 nitrogen and oxygen atoms in total. The molecule has 2 saturated heterocycles. The first-order valence-electron chi connectivity index (χ1n) is 8.51. The van der Waals surface area contributed by atoms with Crippen LogP contribution in [0.4, 0.5) is 0 Å². The van der Waals surface area contributed by atoms with Gasteiger partial charge in [0.2, 0.25) is 5.91 Å². The van der Waals surface area contributed by atoms with Crippen molar-refractivity contribution >= 4 is 11.9 Å². The number of rotatable bonds is 5. The molecular formula is C19H21NO4. The monoisotopic (exact) mass is 327 g/mol. The average Bonchev–Trinajstić information content (AvgIpc) is 3.22. The summed E-state index contributed by atoms with van der Waals surface area (Å²) in [5.41, 5.74) is 0.554. The standard InChI is InChI=1S/C19H21NO4/c1-2-23-18(22)15-14-8-10-19(24-14)12-20(17(21)16(15)19)11-9-13-6-4-3-5-7-13/h3-8,10,14-16H,2,9,11-12H2,1H3/t14-,15?,16+,19-/m1/s1. The summed E-state index contributed by atoms with van der Waals surface area (Å²) in [7, 11) is 0. The smallest absolute Gasteiger partial charge is 0.312 e. The molecule has 1 aromatic rings. The van der Waals surface area contributed by atoms with Crippen LogP contribution in [-0.4, -0.2) is 48.2 Å². The van der Waals surface area contributed by atoms with Gasteiger partial charge in [-0.2, -0.15) is 0 Å². The van der Waals surface area contributed by atoms with E-state index in [1.807, 2.05) is 35.3 Å². The van der Waals surface area contributed by atoms with E-state index < -0.39 is 17.4 Å². The molecule has 0 N–H and O–H groups in total. The van der Waals surface area contributed by atoms with Gasteiger partial charge in [0, 0.05) is 6.54 Å². The second-order valence-electron chi connectivity index (χ2n) is 6.65. The van der Waals surface area contributed by atoms with Gasteiger partial charge in [-0.05, 0) is 18.9 Å². The van der Waals surface area contributed by atoms with Gasteiger partial charge in [0.1, 0.15) is 11.5 Å². The lowest BCUT2D eigenvalue weighted by Crippen LogP contribution is -2.40. The molecule has 24 heavy (non-hydrogen) atoms. The second-order valence-corrected chi connectivity index (χ2v) is 6.65. The third-order valence-corrected chi connectivity index (χ3v) is 5.25. The van der Waals surface area contributed by atoms with Crippen molar-refractivity contribution < 1.29 is 19.1 Å². The second kappa shape index (κ2) is 5.74. The number of amides is 1. The van der Waals surface area contributed by atoms with E-state index in [0.717, 1.165) is 6.42 Å². The quantitative estimate of drug-likeness (QED) is 0.608. The van der Waals surface area contributed by atoms with Gasteiger partial charge in [-0.1, -0.05) is 42.5 Å². The Balaban J connectivity index is 1.51. The first-order chi connectivity index (χ1) is 11.6. The summed E-state index contributed by atoms with van der Waals surface area (Å²) in [5.74, 6) is -1.26. The Bertz CT molecular complexity index is 686. The fourth-order valence-corrected chi connectivity index (χ4v) is 4.18. The van der Waals surface area contributed by atoms with Gasteiger partial charge in [0.15, 0.2) is 0 Å². The Morgan fingerprint density at radius 3 is 2.92 bits per heavy atom. The molecule has 3 aliphatic rings. The van der Waals surface area contributed by atoms with Gasteiger partial charge >= 0.3 is 5.97 Å². The zero-order valence-corrected chi connectivity index (χ0v) is 13.7. The molecule has 1 spiro atoms. The van der Waals surface area contributed by atoms with E-state index in [4.69, 9.17) is 9.47 Å². The largest absolute Gasteiger partial charge is 0.466 e. The van der Waals surface area contributed by atoms with Crippen LogP contribution in [0.15, 0.2) is 42.5 Å². The molecule has 2 fully saturated rings. The number of carbonyl (C=O) groups is 2. The van der Waals surface area contributed by atoms with E-state index in [1.165, 1.54) is 5.56 Å². The highest BCUT2D eigenvalue weighted by Gasteiger charge is 2.67. The summed E-state index contributed by atoms with van der Waals surface area (Å²) in [6, 6.07) is 10.1. The van der Waals surface area contributed by atoms with E-state index in [9.17, 15) is 9.59 Å². The molecule has 5 heteroatoms. The Hall–Kier alpha value is -2.14. The van der Waals surface area contributed by atoms with Crippen molar-refractivity contribution in [2.45, 2.75) is 25.0 Å². The molecule has 3 aliphatic heterocycles. The maximum Gasteiger partial charge on any atom is 0.312 e. The van der Waals surface area contributed by atoms with Gasteiger partial charge in [-0.25, -0.2) is 0 Å². The van der Waals surface area contributed by atoms with Gasteiger partial charge in [-0.3, -0.25) is 9.59 Å². The third kappa shape index (κ3) is 2.26. The van der Waals surface area contributed by atoms with E-state index in [1.54, 1.807) is 6.92 Å². The van der Waals surface area contributed by atoms with Crippen molar-refractivity contribution in [2.24, 2.45) is 11.8 Å². The topological polar surface area (TPSA) is 55.8 Å². The molecule has 4 atom stereocenters. The molecule has 126 valence electrons. The lowest BCUT2D eigenvalue weighted by molar-refractivity contribution is -0.153. The fourth-order valence-electron chi connectivity index (χ4n) is 4.18. The van der Waals surface area contributed by atoms with Gasteiger partial charge in [-0.15, -0.1) is 0 Å². The predicted octanol–water partition coefficient (Wildman–Crippen LogP) is 1.57. The molecule has 0 aromatic heterocycles. The predicted molar refractivity (Wildman–Crippen MR) is 87.1 cm³/mol. The van der Waals surface area contributed by atoms with Crippen LogP contribution in [0.5, 0.6) is 0 Å². The van der Waals surface area contributed by atoms with Crippen LogP contribution in [-0.2, 0) is 25.5 Å². The average molecular weight is 327 g/mol. The number of ether oxygens (including phenoxy) is 2. The SMILES string of the molecule is CCOC(=O)C1[C@H]2C(=O)N(CCc3ccccc3)C[C@]23C=C[C@H]1O3. The minimum Gasteiger partial charge on any atom is -0.466 e. The van der Waals surface area contributed by atoms with Crippen LogP contribution < -0.4 is 0 Å². The normalized spacial score (nSPS) is 33.1. The first-order valence-corrected chi connectivity index (χ1v) is 8.51. The molecule has 1 amide bonds. The van der Waals surface area contributed by atoms with Crippen LogP contribution in [0.1, 0.15) is 12.5 Å². The minimum atomic E-state index is -0.643. The van der Waals surface area contributed by atoms with Crippen molar-refractivity contribution in [3.8, 4) is 0 Å². The number of hydrogen-bond donors (Lipinski definition) is 0. The van der Waals surface area contributed by atoms with E-state index in [-0.39, 0.29) is 18.0 Å². The Kier molecular flexibility index (Phi) is 3.68. The zero-order valence-electron chi connectivity index (χ0n) is 13.7. The molecule has 3 heterocycles. The zero-order chi connectivity index (χ0) is 16.7. The number of esters is 1. The summed E-state index contributed by atoms with van der Waals surface area (Å²) in [6.07, 6.45) is 4.35. The Morgan fingerprint density at radius 1 is 1.38 bits per heavy atom. The molecular weight excluding hydrogens is 306 g/mol. The summed E-state index contributed by atoms with van der Waals surface area (Å²) >= 11 is 0. The number of nitrogens with zero attached hydrogens (tertiary/aromatic N) is 1. The van der Waals surface area contributed by atoms with Crippen LogP contribution in [0.25, 0.3) is 0 Å². The van der Waals surface area contributed by atoms with E-state index in [0.29, 0.717) is 19.7 Å². The van der Waals surface area contributed by atoms with E-state index in [2.05, 4.69) is 12.1 Å². The number of hydrogen-bond acceptors (Lipinski definition) is 4. The number of likely N-dealkylation sites (tertiary alicyclic amines) is 1. The Morgan fingerprint density at radius 2 is 2.17 bits per heavy atom. The van der Waals surface area contributed by atoms with Crippen molar-refractivity contribution in [3.63, 3.8) is 0 Å². The molecule has 4 rings (SSSR count). The summed E-state index contributed by atoms with van der Waals surface area (Å²) in [5, 5.41) is 0. The highest BCUT2D eigenvalue weighted by Crippen LogP contribution is 2.52. The fraction of sp³-hybridized carbons (Fsp3) is 0.474. The summed E-state index contributed by atoms with van der Waals surface area (Å²) < 4.78 is 11.2. The lowest BCUT2D eigenvalue weighted by atomic mass is 9.77. The molecule has 0 saturated carbocycles. The molecule has 1 unspecified atom stereocenters. The molecule has 2 bridgehead atoms. The molecule has 0 radical (unpaired) electrons. The van der Waals surface area contributed by atoms with Crippen LogP contribution in [0.3, 0.4) is 0 Å². The van der Waals surface area contributed by atoms with Crippen LogP contribution >= 0.6 is 0 Å². The van der Waals surface area contributed by atoms with Gasteiger partial charge in [0.05, 0.1) is 25.2 Å². The maximum absolute atomic E-state index is 12.9. The van der Waals surface area contributed by atoms with Crippen molar-refractivity contribution in [2.75, 3.05) is 19.7 Å². The number of fused-ring (bicyclic) bond motifs is 1. The van der Waals surface area contributed by atoms with Crippen LogP contribution in [0, 0.1) is 11.8 Å². The van der Waals surface area contributed by atoms with Crippen molar-refractivity contribution in [1.82, 2.24) is 4.90 Å². The third-order valence-electron chi connectivity index (χ3n) is 5.25. The molecule has 0 aliphatic carbocycles. The molecule has 1 aromatic carbocycles. The number of carbonyl (C=O) groups excluding carboxylic acids is 2. The van der Waals surface area contributed by atoms with Gasteiger partial charge in [0.25, 0.3) is 0 Å². The van der Waals surface area contributed by atoms with E-state index >= 15 is 0 Å². The van der Waals surface area contributed by atoms with Crippen molar-refractivity contribution in [3.05, 3.63) is 48.0 Å². The Labute approximate surface area is 141 Å². The minimum absolute atomic E-state index is 0.0100. The first kappa shape index (κ1) is 15.4.